The minimum atomic E-state index is -0.330. The molecule has 1 aromatic heterocycles. The van der Waals surface area contributed by atoms with Crippen LogP contribution < -0.4 is 10.6 Å². The monoisotopic (exact) mass is 397 g/mol. The van der Waals surface area contributed by atoms with Crippen molar-refractivity contribution in [2.45, 2.75) is 19.3 Å². The Balaban J connectivity index is 1.93. The molecule has 0 spiro atoms. The van der Waals surface area contributed by atoms with E-state index in [1.54, 1.807) is 30.3 Å². The van der Waals surface area contributed by atoms with Crippen LogP contribution in [0.2, 0.25) is 0 Å². The first-order chi connectivity index (χ1) is 14.6. The number of hydrogen-bond donors (Lipinski definition) is 1. The van der Waals surface area contributed by atoms with E-state index in [1.807, 2.05) is 12.1 Å². The number of nitriles is 1. The molecule has 0 saturated carbocycles. The Hall–Kier alpha value is -3.90. The maximum atomic E-state index is 14.3. The number of nitrogens with two attached hydrogens (primary N) is 1. The summed E-state index contributed by atoms with van der Waals surface area (Å²) in [5.41, 5.74) is 8.87. The smallest absolute Gasteiger partial charge is 0.237 e. The van der Waals surface area contributed by atoms with E-state index < -0.39 is 0 Å². The molecule has 3 aromatic rings. The van der Waals surface area contributed by atoms with Crippen molar-refractivity contribution in [1.82, 2.24) is 4.98 Å². The van der Waals surface area contributed by atoms with Crippen molar-refractivity contribution in [2.24, 2.45) is 0 Å². The van der Waals surface area contributed by atoms with Crippen LogP contribution in [0.3, 0.4) is 0 Å². The zero-order valence-electron chi connectivity index (χ0n) is 16.4. The van der Waals surface area contributed by atoms with E-state index >= 15 is 0 Å². The number of rotatable bonds is 3. The number of nitrogens with zero attached hydrogens (tertiary/aromatic N) is 4. The molecule has 5 nitrogen and oxygen atoms in total. The second-order valence-corrected chi connectivity index (χ2v) is 7.25. The zero-order chi connectivity index (χ0) is 21.1. The van der Waals surface area contributed by atoms with Crippen LogP contribution >= 0.6 is 0 Å². The van der Waals surface area contributed by atoms with Crippen LogP contribution in [0.5, 0.6) is 0 Å². The van der Waals surface area contributed by atoms with Crippen LogP contribution in [0.1, 0.15) is 24.8 Å². The lowest BCUT2D eigenvalue weighted by molar-refractivity contribution is 0.573. The highest BCUT2D eigenvalue weighted by atomic mass is 19.1. The number of aromatic nitrogens is 1. The van der Waals surface area contributed by atoms with Gasteiger partial charge in [0.15, 0.2) is 0 Å². The Morgan fingerprint density at radius 1 is 1.07 bits per heavy atom. The van der Waals surface area contributed by atoms with Gasteiger partial charge in [-0.3, -0.25) is 0 Å². The third-order valence-corrected chi connectivity index (χ3v) is 5.39. The Kier molecular flexibility index (Phi) is 5.32. The first-order valence-corrected chi connectivity index (χ1v) is 9.85. The maximum absolute atomic E-state index is 14.3. The SMILES string of the molecule is [C-]#[N+]c1c(N)nc(N2CCCCC2)c(C#N)c1-c1cccc(-c2ccccc2F)c1. The largest absolute Gasteiger partial charge is 0.392 e. The van der Waals surface area contributed by atoms with Crippen molar-refractivity contribution in [2.75, 3.05) is 23.7 Å². The summed E-state index contributed by atoms with van der Waals surface area (Å²) < 4.78 is 14.3. The van der Waals surface area contributed by atoms with Crippen LogP contribution in [0.25, 0.3) is 27.1 Å². The molecule has 2 heterocycles. The minimum absolute atomic E-state index is 0.107. The van der Waals surface area contributed by atoms with Crippen LogP contribution in [0.15, 0.2) is 48.5 Å². The summed E-state index contributed by atoms with van der Waals surface area (Å²) in [6, 6.07) is 16.0. The summed E-state index contributed by atoms with van der Waals surface area (Å²) in [4.78, 5) is 10.1. The van der Waals surface area contributed by atoms with Gasteiger partial charge in [-0.2, -0.15) is 5.26 Å². The van der Waals surface area contributed by atoms with Crippen LogP contribution in [-0.2, 0) is 0 Å². The standard InChI is InChI=1S/C24H20FN5/c1-28-22-21(17-9-7-8-16(14-17)18-10-3-4-11-20(18)25)19(15-26)24(29-23(22)27)30-12-5-2-6-13-30/h3-4,7-11,14H,2,5-6,12-13H2,(H2,27,29). The van der Waals surface area contributed by atoms with Gasteiger partial charge in [-0.25, -0.2) is 14.2 Å². The molecule has 2 aromatic carbocycles. The van der Waals surface area contributed by atoms with E-state index in [0.717, 1.165) is 32.4 Å². The predicted molar refractivity (Wildman–Crippen MR) is 117 cm³/mol. The molecule has 4 rings (SSSR count). The fourth-order valence-corrected chi connectivity index (χ4v) is 3.95. The summed E-state index contributed by atoms with van der Waals surface area (Å²) in [6.07, 6.45) is 3.19. The van der Waals surface area contributed by atoms with Crippen molar-refractivity contribution in [3.05, 3.63) is 71.3 Å². The maximum Gasteiger partial charge on any atom is 0.237 e. The fourth-order valence-electron chi connectivity index (χ4n) is 3.95. The van der Waals surface area contributed by atoms with Crippen molar-refractivity contribution in [3.63, 3.8) is 0 Å². The summed E-state index contributed by atoms with van der Waals surface area (Å²) in [7, 11) is 0. The fraction of sp³-hybridized carbons (Fsp3) is 0.208. The molecule has 0 bridgehead atoms. The molecule has 30 heavy (non-hydrogen) atoms. The molecular formula is C24H20FN5. The predicted octanol–water partition coefficient (Wildman–Crippen LogP) is 5.55. The third-order valence-electron chi connectivity index (χ3n) is 5.39. The Labute approximate surface area is 175 Å². The Morgan fingerprint density at radius 2 is 1.80 bits per heavy atom. The zero-order valence-corrected chi connectivity index (χ0v) is 16.4. The molecule has 1 fully saturated rings. The topological polar surface area (TPSA) is 70.3 Å². The van der Waals surface area contributed by atoms with Crippen molar-refractivity contribution >= 4 is 17.3 Å². The first kappa shape index (κ1) is 19.4. The number of anilines is 2. The van der Waals surface area contributed by atoms with Crippen molar-refractivity contribution in [3.8, 4) is 28.3 Å². The van der Waals surface area contributed by atoms with Gasteiger partial charge < -0.3 is 10.6 Å². The molecule has 0 atom stereocenters. The van der Waals surface area contributed by atoms with Crippen LogP contribution in [0.4, 0.5) is 21.7 Å². The summed E-state index contributed by atoms with van der Waals surface area (Å²) in [5.74, 6) is 0.299. The number of piperidine rings is 1. The molecule has 0 unspecified atom stereocenters. The lowest BCUT2D eigenvalue weighted by atomic mass is 9.94. The molecule has 6 heteroatoms. The molecule has 1 aliphatic heterocycles. The second-order valence-electron chi connectivity index (χ2n) is 7.25. The van der Waals surface area contributed by atoms with Gasteiger partial charge in [0, 0.05) is 24.2 Å². The number of pyridine rings is 1. The Morgan fingerprint density at radius 3 is 2.50 bits per heavy atom. The van der Waals surface area contributed by atoms with Crippen molar-refractivity contribution < 1.29 is 4.39 Å². The lowest BCUT2D eigenvalue weighted by Crippen LogP contribution is -2.31. The molecule has 0 amide bonds. The average molecular weight is 397 g/mol. The van der Waals surface area contributed by atoms with Crippen LogP contribution in [-0.4, -0.2) is 18.1 Å². The highest BCUT2D eigenvalue weighted by Gasteiger charge is 2.24. The molecule has 1 saturated heterocycles. The number of benzene rings is 2. The molecule has 148 valence electrons. The van der Waals surface area contributed by atoms with E-state index in [2.05, 4.69) is 20.8 Å². The highest BCUT2D eigenvalue weighted by Crippen LogP contribution is 2.42. The van der Waals surface area contributed by atoms with Crippen molar-refractivity contribution in [1.29, 1.82) is 5.26 Å². The van der Waals surface area contributed by atoms with E-state index in [0.29, 0.717) is 33.6 Å². The van der Waals surface area contributed by atoms with Gasteiger partial charge in [0.1, 0.15) is 23.5 Å². The van der Waals surface area contributed by atoms with E-state index in [1.165, 1.54) is 6.07 Å². The molecule has 2 N–H and O–H groups in total. The number of halogens is 1. The van der Waals surface area contributed by atoms with Gasteiger partial charge in [0.25, 0.3) is 0 Å². The highest BCUT2D eigenvalue weighted by molar-refractivity contribution is 5.93. The third kappa shape index (κ3) is 3.44. The molecule has 1 aliphatic rings. The van der Waals surface area contributed by atoms with Gasteiger partial charge in [0.2, 0.25) is 5.69 Å². The van der Waals surface area contributed by atoms with E-state index in [-0.39, 0.29) is 17.3 Å². The van der Waals surface area contributed by atoms with Crippen LogP contribution in [0, 0.1) is 23.7 Å². The van der Waals surface area contributed by atoms with E-state index in [9.17, 15) is 9.65 Å². The Bertz CT molecular complexity index is 1180. The molecule has 0 radical (unpaired) electrons. The normalized spacial score (nSPS) is 13.5. The first-order valence-electron chi connectivity index (χ1n) is 9.85. The quantitative estimate of drug-likeness (QED) is 0.588. The second kappa shape index (κ2) is 8.23. The van der Waals surface area contributed by atoms with Gasteiger partial charge in [-0.05, 0) is 42.5 Å². The molecular weight excluding hydrogens is 377 g/mol. The summed E-state index contributed by atoms with van der Waals surface area (Å²) in [5, 5.41) is 10.0. The summed E-state index contributed by atoms with van der Waals surface area (Å²) >= 11 is 0. The number of hydrogen-bond acceptors (Lipinski definition) is 4. The van der Waals surface area contributed by atoms with Gasteiger partial charge in [-0.1, -0.05) is 36.4 Å². The van der Waals surface area contributed by atoms with E-state index in [4.69, 9.17) is 12.3 Å². The lowest BCUT2D eigenvalue weighted by Gasteiger charge is -2.29. The number of nitrogen functional groups attached to an aromatic ring is 1. The average Bonchev–Trinajstić information content (AvgIpc) is 2.79. The van der Waals surface area contributed by atoms with Gasteiger partial charge in [-0.15, -0.1) is 0 Å². The van der Waals surface area contributed by atoms with Gasteiger partial charge >= 0.3 is 0 Å². The van der Waals surface area contributed by atoms with Gasteiger partial charge in [0.05, 0.1) is 12.1 Å². The molecule has 0 aliphatic carbocycles. The summed E-state index contributed by atoms with van der Waals surface area (Å²) in [6.45, 7) is 9.23. The minimum Gasteiger partial charge on any atom is -0.392 e.